The molecule has 2 nitrogen and oxygen atoms in total. The third-order valence-electron chi connectivity index (χ3n) is 2.82. The SMILES string of the molecule is CC1CN1C(=O)Cc1ccc(C(F)(F)F)cc1. The van der Waals surface area contributed by atoms with Gasteiger partial charge >= 0.3 is 6.18 Å². The van der Waals surface area contributed by atoms with E-state index in [2.05, 4.69) is 0 Å². The van der Waals surface area contributed by atoms with E-state index < -0.39 is 11.7 Å². The molecule has 1 atom stereocenters. The van der Waals surface area contributed by atoms with Crippen LogP contribution in [0.1, 0.15) is 18.1 Å². The Balaban J connectivity index is 2.01. The Bertz CT molecular complexity index is 424. The Morgan fingerprint density at radius 2 is 1.88 bits per heavy atom. The van der Waals surface area contributed by atoms with Crippen molar-refractivity contribution in [2.24, 2.45) is 0 Å². The number of carbonyl (C=O) groups is 1. The van der Waals surface area contributed by atoms with E-state index in [1.807, 2.05) is 6.92 Å². The molecule has 1 aromatic rings. The molecule has 92 valence electrons. The van der Waals surface area contributed by atoms with Crippen molar-refractivity contribution in [3.63, 3.8) is 0 Å². The zero-order valence-electron chi connectivity index (χ0n) is 9.29. The van der Waals surface area contributed by atoms with Gasteiger partial charge in [-0.2, -0.15) is 13.2 Å². The van der Waals surface area contributed by atoms with Gasteiger partial charge in [0.15, 0.2) is 0 Å². The predicted octanol–water partition coefficient (Wildman–Crippen LogP) is 2.48. The van der Waals surface area contributed by atoms with Crippen molar-refractivity contribution in [1.82, 2.24) is 4.90 Å². The lowest BCUT2D eigenvalue weighted by Crippen LogP contribution is -2.15. The first-order chi connectivity index (χ1) is 7.88. The molecule has 0 aromatic heterocycles. The largest absolute Gasteiger partial charge is 0.416 e. The molecule has 5 heteroatoms. The van der Waals surface area contributed by atoms with E-state index in [-0.39, 0.29) is 18.4 Å². The number of alkyl halides is 3. The maximum Gasteiger partial charge on any atom is 0.416 e. The minimum atomic E-state index is -4.32. The summed E-state index contributed by atoms with van der Waals surface area (Å²) in [4.78, 5) is 13.3. The Labute approximate surface area is 97.0 Å². The quantitative estimate of drug-likeness (QED) is 0.731. The van der Waals surface area contributed by atoms with E-state index in [9.17, 15) is 18.0 Å². The fraction of sp³-hybridized carbons (Fsp3) is 0.417. The lowest BCUT2D eigenvalue weighted by molar-refractivity contribution is -0.137. The van der Waals surface area contributed by atoms with Gasteiger partial charge in [0, 0.05) is 12.6 Å². The predicted molar refractivity (Wildman–Crippen MR) is 56.3 cm³/mol. The van der Waals surface area contributed by atoms with Crippen LogP contribution in [0, 0.1) is 0 Å². The monoisotopic (exact) mass is 243 g/mol. The Hall–Kier alpha value is -1.52. The number of hydrogen-bond donors (Lipinski definition) is 0. The molecule has 1 aliphatic rings. The molecule has 0 spiro atoms. The minimum absolute atomic E-state index is 0.0303. The summed E-state index contributed by atoms with van der Waals surface area (Å²) in [6, 6.07) is 5.00. The zero-order valence-corrected chi connectivity index (χ0v) is 9.29. The van der Waals surface area contributed by atoms with Crippen molar-refractivity contribution >= 4 is 5.91 Å². The fourth-order valence-corrected chi connectivity index (χ4v) is 1.67. The van der Waals surface area contributed by atoms with Gasteiger partial charge in [-0.05, 0) is 24.6 Å². The first-order valence-electron chi connectivity index (χ1n) is 5.33. The molecule has 0 N–H and O–H groups in total. The second kappa shape index (κ2) is 4.05. The van der Waals surface area contributed by atoms with Crippen molar-refractivity contribution in [1.29, 1.82) is 0 Å². The molecular formula is C12H12F3NO. The highest BCUT2D eigenvalue weighted by molar-refractivity contribution is 5.81. The van der Waals surface area contributed by atoms with Crippen molar-refractivity contribution in [2.75, 3.05) is 6.54 Å². The van der Waals surface area contributed by atoms with Crippen molar-refractivity contribution in [3.05, 3.63) is 35.4 Å². The molecule has 0 bridgehead atoms. The van der Waals surface area contributed by atoms with Crippen LogP contribution < -0.4 is 0 Å². The van der Waals surface area contributed by atoms with Gasteiger partial charge in [0.25, 0.3) is 0 Å². The lowest BCUT2D eigenvalue weighted by Gasteiger charge is -2.07. The van der Waals surface area contributed by atoms with E-state index in [0.29, 0.717) is 5.56 Å². The summed E-state index contributed by atoms with van der Waals surface area (Å²) in [6.45, 7) is 2.68. The number of hydrogen-bond acceptors (Lipinski definition) is 1. The summed E-state index contributed by atoms with van der Waals surface area (Å²) in [5.41, 5.74) is -0.0732. The van der Waals surface area contributed by atoms with Gasteiger partial charge in [0.2, 0.25) is 5.91 Å². The molecule has 17 heavy (non-hydrogen) atoms. The van der Waals surface area contributed by atoms with Gasteiger partial charge in [0.1, 0.15) is 0 Å². The summed E-state index contributed by atoms with van der Waals surface area (Å²) in [5.74, 6) is -0.0303. The molecule has 1 unspecified atom stereocenters. The molecule has 1 aliphatic heterocycles. The highest BCUT2D eigenvalue weighted by atomic mass is 19.4. The number of carbonyl (C=O) groups excluding carboxylic acids is 1. The molecule has 1 saturated heterocycles. The molecule has 0 radical (unpaired) electrons. The summed E-state index contributed by atoms with van der Waals surface area (Å²) in [7, 11) is 0. The topological polar surface area (TPSA) is 20.1 Å². The van der Waals surface area contributed by atoms with Gasteiger partial charge in [-0.1, -0.05) is 12.1 Å². The number of halogens is 3. The van der Waals surface area contributed by atoms with E-state index in [4.69, 9.17) is 0 Å². The minimum Gasteiger partial charge on any atom is -0.336 e. The first kappa shape index (κ1) is 12.0. The van der Waals surface area contributed by atoms with Crippen molar-refractivity contribution < 1.29 is 18.0 Å². The normalized spacial score (nSPS) is 19.3. The second-order valence-corrected chi connectivity index (χ2v) is 4.27. The summed E-state index contributed by atoms with van der Waals surface area (Å²) >= 11 is 0. The second-order valence-electron chi connectivity index (χ2n) is 4.27. The Morgan fingerprint density at radius 1 is 1.35 bits per heavy atom. The van der Waals surface area contributed by atoms with Crippen LogP contribution >= 0.6 is 0 Å². The maximum absolute atomic E-state index is 12.3. The van der Waals surface area contributed by atoms with Crippen LogP contribution in [0.2, 0.25) is 0 Å². The number of rotatable bonds is 2. The highest BCUT2D eigenvalue weighted by Gasteiger charge is 2.34. The fourth-order valence-electron chi connectivity index (χ4n) is 1.67. The van der Waals surface area contributed by atoms with Crippen LogP contribution in [0.15, 0.2) is 24.3 Å². The van der Waals surface area contributed by atoms with Crippen LogP contribution in [-0.2, 0) is 17.4 Å². The standard InChI is InChI=1S/C12H12F3NO/c1-8-7-16(8)11(17)6-9-2-4-10(5-3-9)12(13,14)15/h2-5,8H,6-7H2,1H3. The van der Waals surface area contributed by atoms with Crippen LogP contribution in [0.3, 0.4) is 0 Å². The molecule has 1 aromatic carbocycles. The molecule has 2 rings (SSSR count). The van der Waals surface area contributed by atoms with Gasteiger partial charge in [-0.25, -0.2) is 0 Å². The van der Waals surface area contributed by atoms with Gasteiger partial charge in [0.05, 0.1) is 12.0 Å². The lowest BCUT2D eigenvalue weighted by atomic mass is 10.1. The molecule has 0 saturated carbocycles. The van der Waals surface area contributed by atoms with Gasteiger partial charge in [-0.15, -0.1) is 0 Å². The average Bonchev–Trinajstić information content (AvgIpc) is 2.95. The summed E-state index contributed by atoms with van der Waals surface area (Å²) < 4.78 is 36.9. The molecule has 1 heterocycles. The van der Waals surface area contributed by atoms with Crippen LogP contribution in [0.4, 0.5) is 13.2 Å². The molecular weight excluding hydrogens is 231 g/mol. The van der Waals surface area contributed by atoms with E-state index in [0.717, 1.165) is 18.7 Å². The summed E-state index contributed by atoms with van der Waals surface area (Å²) in [5, 5.41) is 0. The maximum atomic E-state index is 12.3. The van der Waals surface area contributed by atoms with Crippen LogP contribution in [-0.4, -0.2) is 23.4 Å². The highest BCUT2D eigenvalue weighted by Crippen LogP contribution is 2.29. The third-order valence-corrected chi connectivity index (χ3v) is 2.82. The molecule has 1 fully saturated rings. The van der Waals surface area contributed by atoms with Crippen molar-refractivity contribution in [2.45, 2.75) is 25.6 Å². The number of amides is 1. The van der Waals surface area contributed by atoms with Gasteiger partial charge < -0.3 is 4.90 Å². The van der Waals surface area contributed by atoms with E-state index in [1.54, 1.807) is 4.90 Å². The Morgan fingerprint density at radius 3 is 2.29 bits per heavy atom. The van der Waals surface area contributed by atoms with E-state index >= 15 is 0 Å². The molecule has 0 aliphatic carbocycles. The van der Waals surface area contributed by atoms with Crippen LogP contribution in [0.5, 0.6) is 0 Å². The smallest absolute Gasteiger partial charge is 0.336 e. The average molecular weight is 243 g/mol. The van der Waals surface area contributed by atoms with Gasteiger partial charge in [-0.3, -0.25) is 4.79 Å². The van der Waals surface area contributed by atoms with Crippen LogP contribution in [0.25, 0.3) is 0 Å². The Kier molecular flexibility index (Phi) is 2.85. The first-order valence-corrected chi connectivity index (χ1v) is 5.33. The van der Waals surface area contributed by atoms with E-state index in [1.165, 1.54) is 12.1 Å². The number of nitrogens with zero attached hydrogens (tertiary/aromatic N) is 1. The summed E-state index contributed by atoms with van der Waals surface area (Å²) in [6.07, 6.45) is -4.15. The van der Waals surface area contributed by atoms with Crippen molar-refractivity contribution in [3.8, 4) is 0 Å². The third kappa shape index (κ3) is 2.78. The number of benzene rings is 1. The molecule has 1 amide bonds. The zero-order chi connectivity index (χ0) is 12.6.